The van der Waals surface area contributed by atoms with Crippen molar-refractivity contribution in [2.75, 3.05) is 12.3 Å². The van der Waals surface area contributed by atoms with Gasteiger partial charge in [-0.2, -0.15) is 4.31 Å². The van der Waals surface area contributed by atoms with Crippen molar-refractivity contribution >= 4 is 50.2 Å². The molecule has 0 aliphatic heterocycles. The molecular formula is C13H14Cl2N2O2S2. The highest BCUT2D eigenvalue weighted by Crippen LogP contribution is 2.34. The maximum atomic E-state index is 12.8. The Morgan fingerprint density at radius 1 is 1.29 bits per heavy atom. The minimum absolute atomic E-state index is 0.0321. The van der Waals surface area contributed by atoms with Gasteiger partial charge in [-0.15, -0.1) is 11.3 Å². The molecule has 0 saturated carbocycles. The first kappa shape index (κ1) is 16.6. The van der Waals surface area contributed by atoms with Gasteiger partial charge in [0, 0.05) is 23.7 Å². The van der Waals surface area contributed by atoms with Crippen molar-refractivity contribution in [2.24, 2.45) is 0 Å². The summed E-state index contributed by atoms with van der Waals surface area (Å²) in [5.74, 6) is 0. The van der Waals surface area contributed by atoms with Crippen LogP contribution < -0.4 is 5.73 Å². The number of anilines is 1. The Morgan fingerprint density at radius 3 is 2.38 bits per heavy atom. The van der Waals surface area contributed by atoms with Crippen LogP contribution in [0, 0.1) is 0 Å². The maximum Gasteiger partial charge on any atom is 0.246 e. The van der Waals surface area contributed by atoms with Gasteiger partial charge in [0.25, 0.3) is 0 Å². The summed E-state index contributed by atoms with van der Waals surface area (Å²) in [5, 5.41) is 1.97. The number of hydrogen-bond donors (Lipinski definition) is 1. The van der Waals surface area contributed by atoms with Gasteiger partial charge in [-0.1, -0.05) is 36.2 Å². The highest BCUT2D eigenvalue weighted by Gasteiger charge is 2.28. The molecular weight excluding hydrogens is 351 g/mol. The van der Waals surface area contributed by atoms with Crippen LogP contribution in [0.1, 0.15) is 11.8 Å². The second-order valence-corrected chi connectivity index (χ2v) is 8.05. The van der Waals surface area contributed by atoms with E-state index in [-0.39, 0.29) is 21.5 Å². The summed E-state index contributed by atoms with van der Waals surface area (Å²) < 4.78 is 26.9. The number of nitrogen functional groups attached to an aromatic ring is 1. The van der Waals surface area contributed by atoms with Crippen molar-refractivity contribution in [3.05, 3.63) is 44.6 Å². The molecule has 21 heavy (non-hydrogen) atoms. The predicted octanol–water partition coefficient (Wildman–Crippen LogP) is 3.85. The van der Waals surface area contributed by atoms with Gasteiger partial charge in [-0.05, 0) is 23.6 Å². The van der Waals surface area contributed by atoms with E-state index in [0.29, 0.717) is 12.2 Å². The molecule has 1 heterocycles. The van der Waals surface area contributed by atoms with Crippen molar-refractivity contribution < 1.29 is 8.42 Å². The fourth-order valence-electron chi connectivity index (χ4n) is 1.90. The summed E-state index contributed by atoms with van der Waals surface area (Å²) in [4.78, 5) is 0.849. The summed E-state index contributed by atoms with van der Waals surface area (Å²) in [6, 6.07) is 6.54. The molecule has 2 aromatic rings. The number of thiophene rings is 1. The summed E-state index contributed by atoms with van der Waals surface area (Å²) in [5.41, 5.74) is 5.94. The normalized spacial score (nSPS) is 12.0. The third-order valence-electron chi connectivity index (χ3n) is 2.88. The Bertz CT molecular complexity index is 708. The lowest BCUT2D eigenvalue weighted by Gasteiger charge is -2.21. The number of sulfonamides is 1. The SMILES string of the molecule is CCN(Cc1cccs1)S(=O)(=O)c1c(Cl)cc(N)cc1Cl. The monoisotopic (exact) mass is 364 g/mol. The number of benzene rings is 1. The zero-order valence-electron chi connectivity index (χ0n) is 11.2. The third-order valence-corrected chi connectivity index (χ3v) is 6.59. The number of nitrogens with zero attached hydrogens (tertiary/aromatic N) is 1. The molecule has 0 spiro atoms. The van der Waals surface area contributed by atoms with E-state index in [1.54, 1.807) is 6.92 Å². The average molecular weight is 365 g/mol. The van der Waals surface area contributed by atoms with Gasteiger partial charge in [0.05, 0.1) is 10.0 Å². The van der Waals surface area contributed by atoms with Gasteiger partial charge in [0.2, 0.25) is 10.0 Å². The number of rotatable bonds is 5. The molecule has 0 amide bonds. The van der Waals surface area contributed by atoms with Crippen LogP contribution in [-0.4, -0.2) is 19.3 Å². The lowest BCUT2D eigenvalue weighted by atomic mass is 10.3. The number of halogens is 2. The van der Waals surface area contributed by atoms with Crippen LogP contribution in [0.5, 0.6) is 0 Å². The molecule has 0 bridgehead atoms. The van der Waals surface area contributed by atoms with Gasteiger partial charge in [-0.3, -0.25) is 0 Å². The van der Waals surface area contributed by atoms with E-state index in [9.17, 15) is 8.42 Å². The van der Waals surface area contributed by atoms with Gasteiger partial charge in [-0.25, -0.2) is 8.42 Å². The van der Waals surface area contributed by atoms with E-state index in [1.165, 1.54) is 27.8 Å². The van der Waals surface area contributed by atoms with Crippen LogP contribution in [0.15, 0.2) is 34.5 Å². The summed E-state index contributed by atoms with van der Waals surface area (Å²) in [6.45, 7) is 2.37. The van der Waals surface area contributed by atoms with Crippen LogP contribution >= 0.6 is 34.5 Å². The predicted molar refractivity (Wildman–Crippen MR) is 88.5 cm³/mol. The average Bonchev–Trinajstić information content (AvgIpc) is 2.86. The molecule has 0 saturated heterocycles. The smallest absolute Gasteiger partial charge is 0.246 e. The quantitative estimate of drug-likeness (QED) is 0.819. The topological polar surface area (TPSA) is 63.4 Å². The van der Waals surface area contributed by atoms with Crippen LogP contribution in [0.4, 0.5) is 5.69 Å². The van der Waals surface area contributed by atoms with E-state index >= 15 is 0 Å². The van der Waals surface area contributed by atoms with Crippen LogP contribution in [0.2, 0.25) is 10.0 Å². The highest BCUT2D eigenvalue weighted by atomic mass is 35.5. The third kappa shape index (κ3) is 3.52. The zero-order valence-corrected chi connectivity index (χ0v) is 14.4. The molecule has 2 rings (SSSR count). The van der Waals surface area contributed by atoms with Crippen molar-refractivity contribution in [2.45, 2.75) is 18.4 Å². The molecule has 0 atom stereocenters. The first-order valence-corrected chi connectivity index (χ1v) is 9.21. The lowest BCUT2D eigenvalue weighted by Crippen LogP contribution is -2.30. The number of nitrogens with two attached hydrogens (primary N) is 1. The fourth-order valence-corrected chi connectivity index (χ4v) is 5.31. The highest BCUT2D eigenvalue weighted by molar-refractivity contribution is 7.89. The van der Waals surface area contributed by atoms with E-state index < -0.39 is 10.0 Å². The molecule has 0 aliphatic carbocycles. The van der Waals surface area contributed by atoms with Crippen molar-refractivity contribution in [3.8, 4) is 0 Å². The molecule has 4 nitrogen and oxygen atoms in total. The van der Waals surface area contributed by atoms with E-state index in [4.69, 9.17) is 28.9 Å². The Labute approximate surface area is 138 Å². The summed E-state index contributed by atoms with van der Waals surface area (Å²) >= 11 is 13.6. The van der Waals surface area contributed by atoms with Gasteiger partial charge in [0.15, 0.2) is 0 Å². The Hall–Kier alpha value is -0.790. The first-order valence-electron chi connectivity index (χ1n) is 6.13. The van der Waals surface area contributed by atoms with Crippen LogP contribution in [0.25, 0.3) is 0 Å². The molecule has 0 aliphatic rings. The van der Waals surface area contributed by atoms with Crippen molar-refractivity contribution in [1.29, 1.82) is 0 Å². The summed E-state index contributed by atoms with van der Waals surface area (Å²) in [6.07, 6.45) is 0. The molecule has 1 aromatic carbocycles. The van der Waals surface area contributed by atoms with Crippen LogP contribution in [-0.2, 0) is 16.6 Å². The Balaban J connectivity index is 2.45. The largest absolute Gasteiger partial charge is 0.399 e. The second kappa shape index (κ2) is 6.54. The molecule has 0 radical (unpaired) electrons. The van der Waals surface area contributed by atoms with Crippen molar-refractivity contribution in [1.82, 2.24) is 4.31 Å². The van der Waals surface area contributed by atoms with Gasteiger partial charge >= 0.3 is 0 Å². The zero-order chi connectivity index (χ0) is 15.6. The van der Waals surface area contributed by atoms with E-state index in [2.05, 4.69) is 0 Å². The molecule has 8 heteroatoms. The van der Waals surface area contributed by atoms with Crippen LogP contribution in [0.3, 0.4) is 0 Å². The Kier molecular flexibility index (Phi) is 5.16. The van der Waals surface area contributed by atoms with E-state index in [1.807, 2.05) is 17.5 Å². The fraction of sp³-hybridized carbons (Fsp3) is 0.231. The van der Waals surface area contributed by atoms with Crippen molar-refractivity contribution in [3.63, 3.8) is 0 Å². The minimum atomic E-state index is -3.78. The molecule has 114 valence electrons. The van der Waals surface area contributed by atoms with Gasteiger partial charge < -0.3 is 5.73 Å². The first-order chi connectivity index (χ1) is 9.86. The minimum Gasteiger partial charge on any atom is -0.399 e. The molecule has 0 fully saturated rings. The standard InChI is InChI=1S/C13H14Cl2N2O2S2/c1-2-17(8-10-4-3-5-20-10)21(18,19)13-11(14)6-9(16)7-12(13)15/h3-7H,2,8,16H2,1H3. The van der Waals surface area contributed by atoms with E-state index in [0.717, 1.165) is 4.88 Å². The van der Waals surface area contributed by atoms with Gasteiger partial charge in [0.1, 0.15) is 4.90 Å². The lowest BCUT2D eigenvalue weighted by molar-refractivity contribution is 0.426. The number of hydrogen-bond acceptors (Lipinski definition) is 4. The second-order valence-electron chi connectivity index (χ2n) is 4.32. The Morgan fingerprint density at radius 2 is 1.90 bits per heavy atom. The summed E-state index contributed by atoms with van der Waals surface area (Å²) in [7, 11) is -3.78. The molecule has 1 aromatic heterocycles. The molecule has 0 unspecified atom stereocenters. The molecule has 2 N–H and O–H groups in total. The maximum absolute atomic E-state index is 12.8.